The average Bonchev–Trinajstić information content (AvgIpc) is 3.01. The van der Waals surface area contributed by atoms with Crippen molar-refractivity contribution in [3.8, 4) is 0 Å². The highest BCUT2D eigenvalue weighted by molar-refractivity contribution is 7.21. The van der Waals surface area contributed by atoms with E-state index in [2.05, 4.69) is 18.3 Å². The number of aryl methyl sites for hydroxylation is 2. The summed E-state index contributed by atoms with van der Waals surface area (Å²) in [6.45, 7) is 6.09. The molecule has 3 rings (SSSR count). The molecule has 5 heteroatoms. The number of hydrogen-bond acceptors (Lipinski definition) is 4. The van der Waals surface area contributed by atoms with Crippen molar-refractivity contribution in [2.75, 3.05) is 5.73 Å². The number of carbonyl (C=O) groups is 1. The van der Waals surface area contributed by atoms with Crippen LogP contribution in [0.25, 0.3) is 10.2 Å². The van der Waals surface area contributed by atoms with Gasteiger partial charge in [0.2, 0.25) is 0 Å². The molecule has 1 aliphatic carbocycles. The minimum Gasteiger partial charge on any atom is -0.397 e. The third kappa shape index (κ3) is 2.50. The fraction of sp³-hybridized carbons (Fsp3) is 0.500. The van der Waals surface area contributed by atoms with Crippen LogP contribution in [0.5, 0.6) is 0 Å². The first-order chi connectivity index (χ1) is 9.91. The Hall–Kier alpha value is -1.62. The minimum absolute atomic E-state index is 0.0949. The zero-order valence-corrected chi connectivity index (χ0v) is 13.6. The molecule has 3 N–H and O–H groups in total. The Bertz CT molecular complexity index is 718. The number of nitrogen functional groups attached to an aromatic ring is 1. The molecule has 4 nitrogen and oxygen atoms in total. The van der Waals surface area contributed by atoms with Crippen molar-refractivity contribution in [1.82, 2.24) is 10.3 Å². The first-order valence-corrected chi connectivity index (χ1v) is 8.26. The number of amides is 1. The van der Waals surface area contributed by atoms with E-state index < -0.39 is 0 Å². The summed E-state index contributed by atoms with van der Waals surface area (Å²) < 4.78 is 0. The number of carbonyl (C=O) groups excluding carboxylic acids is 1. The fourth-order valence-corrected chi connectivity index (χ4v) is 3.61. The highest BCUT2D eigenvalue weighted by Gasteiger charge is 2.24. The predicted molar refractivity (Wildman–Crippen MR) is 87.9 cm³/mol. The highest BCUT2D eigenvalue weighted by atomic mass is 32.1. The molecule has 0 aliphatic heterocycles. The van der Waals surface area contributed by atoms with Gasteiger partial charge in [-0.3, -0.25) is 4.79 Å². The van der Waals surface area contributed by atoms with Crippen LogP contribution in [-0.4, -0.2) is 16.4 Å². The Morgan fingerprint density at radius 3 is 2.95 bits per heavy atom. The van der Waals surface area contributed by atoms with Gasteiger partial charge in [0.05, 0.1) is 5.69 Å². The number of nitrogens with two attached hydrogens (primary N) is 1. The van der Waals surface area contributed by atoms with Gasteiger partial charge in [0.1, 0.15) is 9.71 Å². The van der Waals surface area contributed by atoms with E-state index in [1.165, 1.54) is 22.6 Å². The molecule has 2 aromatic heterocycles. The lowest BCUT2D eigenvalue weighted by molar-refractivity contribution is 0.0916. The molecule has 0 bridgehead atoms. The molecular weight excluding hydrogens is 282 g/mol. The number of fused-ring (bicyclic) bond motifs is 2. The molecule has 1 amide bonds. The molecule has 0 fully saturated rings. The van der Waals surface area contributed by atoms with Crippen LogP contribution in [0.2, 0.25) is 0 Å². The van der Waals surface area contributed by atoms with E-state index >= 15 is 0 Å². The third-order valence-corrected chi connectivity index (χ3v) is 5.41. The highest BCUT2D eigenvalue weighted by Crippen LogP contribution is 2.35. The standard InChI is InChI=1S/C16H21N3OS/c1-4-16(2,3)19-14(20)13-12(17)10-8-9-6-5-7-11(9)18-15(10)21-13/h8H,4-7,17H2,1-3H3,(H,19,20). The molecule has 0 saturated heterocycles. The second kappa shape index (κ2) is 4.98. The summed E-state index contributed by atoms with van der Waals surface area (Å²) in [6, 6.07) is 2.12. The van der Waals surface area contributed by atoms with Gasteiger partial charge in [0.15, 0.2) is 0 Å². The summed E-state index contributed by atoms with van der Waals surface area (Å²) in [5.41, 5.74) is 9.00. The first-order valence-electron chi connectivity index (χ1n) is 7.44. The van der Waals surface area contributed by atoms with Gasteiger partial charge in [-0.2, -0.15) is 0 Å². The van der Waals surface area contributed by atoms with Crippen LogP contribution in [0.15, 0.2) is 6.07 Å². The van der Waals surface area contributed by atoms with Crippen molar-refractivity contribution in [2.24, 2.45) is 0 Å². The van der Waals surface area contributed by atoms with Gasteiger partial charge < -0.3 is 11.1 Å². The van der Waals surface area contributed by atoms with Crippen LogP contribution >= 0.6 is 11.3 Å². The molecule has 0 atom stereocenters. The molecular formula is C16H21N3OS. The van der Waals surface area contributed by atoms with Crippen LogP contribution in [0.1, 0.15) is 54.5 Å². The van der Waals surface area contributed by atoms with Gasteiger partial charge in [-0.05, 0) is 51.2 Å². The summed E-state index contributed by atoms with van der Waals surface area (Å²) in [6.07, 6.45) is 4.14. The van der Waals surface area contributed by atoms with Gasteiger partial charge in [0, 0.05) is 16.6 Å². The SMILES string of the molecule is CCC(C)(C)NC(=O)c1sc2nc3c(cc2c1N)CCC3. The summed E-state index contributed by atoms with van der Waals surface area (Å²) in [7, 11) is 0. The van der Waals surface area contributed by atoms with E-state index in [9.17, 15) is 4.79 Å². The van der Waals surface area contributed by atoms with Gasteiger partial charge in [-0.1, -0.05) is 6.92 Å². The first kappa shape index (κ1) is 14.3. The number of hydrogen-bond donors (Lipinski definition) is 2. The molecule has 0 spiro atoms. The molecule has 0 radical (unpaired) electrons. The smallest absolute Gasteiger partial charge is 0.263 e. The Morgan fingerprint density at radius 2 is 2.24 bits per heavy atom. The number of rotatable bonds is 3. The van der Waals surface area contributed by atoms with E-state index in [4.69, 9.17) is 10.7 Å². The van der Waals surface area contributed by atoms with Crippen molar-refractivity contribution >= 4 is 33.1 Å². The summed E-state index contributed by atoms with van der Waals surface area (Å²) in [5, 5.41) is 3.98. The van der Waals surface area contributed by atoms with E-state index in [0.29, 0.717) is 10.6 Å². The zero-order valence-electron chi connectivity index (χ0n) is 12.7. The normalized spacial score (nSPS) is 14.4. The van der Waals surface area contributed by atoms with E-state index in [1.807, 2.05) is 13.8 Å². The third-order valence-electron chi connectivity index (χ3n) is 4.29. The molecule has 2 heterocycles. The average molecular weight is 303 g/mol. The number of nitrogens with zero attached hydrogens (tertiary/aromatic N) is 1. The van der Waals surface area contributed by atoms with Crippen LogP contribution in [0, 0.1) is 0 Å². The second-order valence-corrected chi connectivity index (χ2v) is 7.34. The fourth-order valence-electron chi connectivity index (χ4n) is 2.62. The minimum atomic E-state index is -0.227. The van der Waals surface area contributed by atoms with Crippen LogP contribution < -0.4 is 11.1 Å². The Kier molecular flexibility index (Phi) is 3.40. The van der Waals surface area contributed by atoms with E-state index in [0.717, 1.165) is 35.9 Å². The Labute approximate surface area is 128 Å². The van der Waals surface area contributed by atoms with Gasteiger partial charge in [-0.15, -0.1) is 11.3 Å². The van der Waals surface area contributed by atoms with Gasteiger partial charge >= 0.3 is 0 Å². The molecule has 0 unspecified atom stereocenters. The summed E-state index contributed by atoms with van der Waals surface area (Å²) in [5.74, 6) is -0.0949. The summed E-state index contributed by atoms with van der Waals surface area (Å²) >= 11 is 1.40. The van der Waals surface area contributed by atoms with Crippen LogP contribution in [-0.2, 0) is 12.8 Å². The molecule has 112 valence electrons. The number of pyridine rings is 1. The maximum atomic E-state index is 12.5. The maximum Gasteiger partial charge on any atom is 0.263 e. The molecule has 21 heavy (non-hydrogen) atoms. The quantitative estimate of drug-likeness (QED) is 0.914. The van der Waals surface area contributed by atoms with Crippen LogP contribution in [0.3, 0.4) is 0 Å². The number of anilines is 1. The monoisotopic (exact) mass is 303 g/mol. The lowest BCUT2D eigenvalue weighted by Gasteiger charge is -2.24. The van der Waals surface area contributed by atoms with Crippen molar-refractivity contribution in [1.29, 1.82) is 0 Å². The van der Waals surface area contributed by atoms with Gasteiger partial charge in [0.25, 0.3) is 5.91 Å². The van der Waals surface area contributed by atoms with Gasteiger partial charge in [-0.25, -0.2) is 4.98 Å². The van der Waals surface area contributed by atoms with E-state index in [1.54, 1.807) is 0 Å². The lowest BCUT2D eigenvalue weighted by Crippen LogP contribution is -2.42. The number of nitrogens with one attached hydrogen (secondary N) is 1. The lowest BCUT2D eigenvalue weighted by atomic mass is 10.0. The molecule has 0 aromatic carbocycles. The van der Waals surface area contributed by atoms with Crippen molar-refractivity contribution in [2.45, 2.75) is 52.0 Å². The largest absolute Gasteiger partial charge is 0.397 e. The molecule has 1 aliphatic rings. The number of thiophene rings is 1. The van der Waals surface area contributed by atoms with Crippen LogP contribution in [0.4, 0.5) is 5.69 Å². The van der Waals surface area contributed by atoms with Crippen molar-refractivity contribution in [3.63, 3.8) is 0 Å². The molecule has 0 saturated carbocycles. The predicted octanol–water partition coefficient (Wildman–Crippen LogP) is 3.29. The Morgan fingerprint density at radius 1 is 1.48 bits per heavy atom. The number of aromatic nitrogens is 1. The van der Waals surface area contributed by atoms with Crippen molar-refractivity contribution in [3.05, 3.63) is 22.2 Å². The maximum absolute atomic E-state index is 12.5. The zero-order chi connectivity index (χ0) is 15.2. The Balaban J connectivity index is 2.00. The van der Waals surface area contributed by atoms with E-state index in [-0.39, 0.29) is 11.4 Å². The second-order valence-electron chi connectivity index (χ2n) is 6.34. The summed E-state index contributed by atoms with van der Waals surface area (Å²) in [4.78, 5) is 18.6. The molecule has 2 aromatic rings. The topological polar surface area (TPSA) is 68.0 Å². The van der Waals surface area contributed by atoms with Crippen molar-refractivity contribution < 1.29 is 4.79 Å².